The Morgan fingerprint density at radius 1 is 1.20 bits per heavy atom. The molecule has 0 atom stereocenters. The molecule has 0 heterocycles. The number of benzene rings is 1. The summed E-state index contributed by atoms with van der Waals surface area (Å²) in [6.45, 7) is 6.00. The average molecular weight is 274 g/mol. The number of ether oxygens (including phenoxy) is 1. The lowest BCUT2D eigenvalue weighted by molar-refractivity contribution is -0.155. The van der Waals surface area contributed by atoms with Gasteiger partial charge in [0.2, 0.25) is 0 Å². The van der Waals surface area contributed by atoms with Crippen molar-refractivity contribution >= 4 is 11.8 Å². The number of Topliss-reactive ketones (excluding diaryl/α,β-unsaturated/α-hetero) is 1. The number of esters is 1. The summed E-state index contributed by atoms with van der Waals surface area (Å²) in [5.74, 6) is 0.0708. The molecular weight excluding hydrogens is 252 g/mol. The Hall–Kier alpha value is -1.90. The molecule has 0 unspecified atom stereocenters. The van der Waals surface area contributed by atoms with E-state index in [-0.39, 0.29) is 11.8 Å². The zero-order valence-corrected chi connectivity index (χ0v) is 12.1. The normalized spacial score (nSPS) is 16.8. The van der Waals surface area contributed by atoms with E-state index >= 15 is 0 Å². The van der Waals surface area contributed by atoms with E-state index in [1.165, 1.54) is 7.11 Å². The first kappa shape index (κ1) is 16.2. The summed E-state index contributed by atoms with van der Waals surface area (Å²) in [6, 6.07) is 9.92. The van der Waals surface area contributed by atoms with E-state index in [4.69, 9.17) is 4.74 Å². The van der Waals surface area contributed by atoms with Crippen molar-refractivity contribution in [2.45, 2.75) is 32.1 Å². The van der Waals surface area contributed by atoms with Crippen molar-refractivity contribution in [1.82, 2.24) is 0 Å². The lowest BCUT2D eigenvalue weighted by Crippen LogP contribution is -2.38. The molecule has 0 saturated heterocycles. The molecule has 0 radical (unpaired) electrons. The summed E-state index contributed by atoms with van der Waals surface area (Å²) >= 11 is 0. The number of hydrogen-bond donors (Lipinski definition) is 0. The molecule has 1 aromatic carbocycles. The van der Waals surface area contributed by atoms with Crippen molar-refractivity contribution in [1.29, 1.82) is 0 Å². The molecule has 20 heavy (non-hydrogen) atoms. The van der Waals surface area contributed by atoms with Crippen LogP contribution in [0.1, 0.15) is 31.2 Å². The topological polar surface area (TPSA) is 43.4 Å². The second kappa shape index (κ2) is 7.63. The second-order valence-electron chi connectivity index (χ2n) is 4.97. The number of rotatable bonds is 3. The maximum atomic E-state index is 12.1. The average Bonchev–Trinajstić information content (AvgIpc) is 2.52. The van der Waals surface area contributed by atoms with Crippen molar-refractivity contribution in [3.8, 4) is 0 Å². The van der Waals surface area contributed by atoms with Crippen molar-refractivity contribution in [2.75, 3.05) is 7.11 Å². The third-order valence-corrected chi connectivity index (χ3v) is 3.77. The van der Waals surface area contributed by atoms with Gasteiger partial charge >= 0.3 is 5.97 Å². The van der Waals surface area contributed by atoms with Gasteiger partial charge in [0.15, 0.2) is 0 Å². The van der Waals surface area contributed by atoms with Crippen molar-refractivity contribution in [2.24, 2.45) is 5.41 Å². The fourth-order valence-electron chi connectivity index (χ4n) is 2.66. The highest BCUT2D eigenvalue weighted by atomic mass is 16.5. The Morgan fingerprint density at radius 2 is 1.75 bits per heavy atom. The number of carbonyl (C=O) groups is 2. The van der Waals surface area contributed by atoms with Crippen molar-refractivity contribution in [3.05, 3.63) is 49.1 Å². The van der Waals surface area contributed by atoms with Gasteiger partial charge in [0.25, 0.3) is 0 Å². The van der Waals surface area contributed by atoms with Crippen LogP contribution >= 0.6 is 0 Å². The van der Waals surface area contributed by atoms with Crippen LogP contribution in [-0.4, -0.2) is 18.9 Å². The highest BCUT2D eigenvalue weighted by Gasteiger charge is 2.42. The first-order valence-corrected chi connectivity index (χ1v) is 6.80. The van der Waals surface area contributed by atoms with Gasteiger partial charge in [-0.05, 0) is 24.8 Å². The van der Waals surface area contributed by atoms with Gasteiger partial charge in [-0.2, -0.15) is 0 Å². The SMILES string of the molecule is C=C.COC(=O)C1(Cc2ccccc2)CCC(=O)CC1. The summed E-state index contributed by atoms with van der Waals surface area (Å²) in [6.07, 6.45) is 2.85. The first-order chi connectivity index (χ1) is 9.66. The highest BCUT2D eigenvalue weighted by Crippen LogP contribution is 2.39. The van der Waals surface area contributed by atoms with E-state index < -0.39 is 5.41 Å². The molecule has 1 aliphatic rings. The molecule has 0 aliphatic heterocycles. The van der Waals surface area contributed by atoms with Crippen LogP contribution < -0.4 is 0 Å². The van der Waals surface area contributed by atoms with E-state index in [2.05, 4.69) is 13.2 Å². The third-order valence-electron chi connectivity index (χ3n) is 3.77. The molecule has 1 aromatic rings. The van der Waals surface area contributed by atoms with Crippen LogP contribution in [0.2, 0.25) is 0 Å². The molecule has 0 aromatic heterocycles. The van der Waals surface area contributed by atoms with Crippen LogP contribution in [-0.2, 0) is 20.7 Å². The molecule has 0 amide bonds. The Bertz CT molecular complexity index is 441. The predicted molar refractivity (Wildman–Crippen MR) is 79.3 cm³/mol. The monoisotopic (exact) mass is 274 g/mol. The Morgan fingerprint density at radius 3 is 2.25 bits per heavy atom. The van der Waals surface area contributed by atoms with E-state index in [0.29, 0.717) is 32.1 Å². The van der Waals surface area contributed by atoms with Gasteiger partial charge in [0.05, 0.1) is 12.5 Å². The van der Waals surface area contributed by atoms with E-state index in [9.17, 15) is 9.59 Å². The number of ketones is 1. The van der Waals surface area contributed by atoms with Gasteiger partial charge in [-0.1, -0.05) is 30.3 Å². The third kappa shape index (κ3) is 3.80. The largest absolute Gasteiger partial charge is 0.469 e. The van der Waals surface area contributed by atoms with E-state index in [0.717, 1.165) is 5.56 Å². The highest BCUT2D eigenvalue weighted by molar-refractivity contribution is 5.84. The van der Waals surface area contributed by atoms with Gasteiger partial charge in [-0.25, -0.2) is 0 Å². The molecule has 108 valence electrons. The smallest absolute Gasteiger partial charge is 0.312 e. The van der Waals surface area contributed by atoms with Crippen molar-refractivity contribution in [3.63, 3.8) is 0 Å². The molecule has 0 bridgehead atoms. The van der Waals surface area contributed by atoms with Gasteiger partial charge in [0.1, 0.15) is 5.78 Å². The fourth-order valence-corrected chi connectivity index (χ4v) is 2.66. The molecule has 0 N–H and O–H groups in total. The molecule has 3 heteroatoms. The number of methoxy groups -OCH3 is 1. The number of hydrogen-bond acceptors (Lipinski definition) is 3. The summed E-state index contributed by atoms with van der Waals surface area (Å²) in [4.78, 5) is 23.4. The Kier molecular flexibility index (Phi) is 6.16. The number of carbonyl (C=O) groups excluding carboxylic acids is 2. The minimum Gasteiger partial charge on any atom is -0.469 e. The van der Waals surface area contributed by atoms with Gasteiger partial charge in [-0.15, -0.1) is 13.2 Å². The van der Waals surface area contributed by atoms with Crippen LogP contribution in [0.4, 0.5) is 0 Å². The zero-order chi connectivity index (χ0) is 15.0. The molecule has 1 fully saturated rings. The lowest BCUT2D eigenvalue weighted by atomic mass is 9.70. The summed E-state index contributed by atoms with van der Waals surface area (Å²) < 4.78 is 4.95. The van der Waals surface area contributed by atoms with Gasteiger partial charge in [0, 0.05) is 12.8 Å². The van der Waals surface area contributed by atoms with E-state index in [1.54, 1.807) is 0 Å². The van der Waals surface area contributed by atoms with Crippen LogP contribution in [0.3, 0.4) is 0 Å². The summed E-state index contributed by atoms with van der Waals surface area (Å²) in [7, 11) is 1.42. The molecule has 0 spiro atoms. The first-order valence-electron chi connectivity index (χ1n) is 6.80. The summed E-state index contributed by atoms with van der Waals surface area (Å²) in [5, 5.41) is 0. The second-order valence-corrected chi connectivity index (χ2v) is 4.97. The maximum Gasteiger partial charge on any atom is 0.312 e. The molecule has 2 rings (SSSR count). The van der Waals surface area contributed by atoms with Gasteiger partial charge < -0.3 is 4.74 Å². The lowest BCUT2D eigenvalue weighted by Gasteiger charge is -2.34. The minimum atomic E-state index is -0.510. The van der Waals surface area contributed by atoms with E-state index in [1.807, 2.05) is 30.3 Å². The molecule has 1 aliphatic carbocycles. The molecule has 1 saturated carbocycles. The quantitative estimate of drug-likeness (QED) is 0.627. The maximum absolute atomic E-state index is 12.1. The predicted octanol–water partition coefficient (Wildman–Crippen LogP) is 3.33. The van der Waals surface area contributed by atoms with Crippen LogP contribution in [0, 0.1) is 5.41 Å². The Balaban J connectivity index is 0.000000956. The van der Waals surface area contributed by atoms with Gasteiger partial charge in [-0.3, -0.25) is 9.59 Å². The standard InChI is InChI=1S/C15H18O3.C2H4/c1-18-14(17)15(9-7-13(16)8-10-15)11-12-5-3-2-4-6-12;1-2/h2-6H,7-11H2,1H3;1-2H2. The molecule has 3 nitrogen and oxygen atoms in total. The Labute approximate surface area is 120 Å². The fraction of sp³-hybridized carbons (Fsp3) is 0.412. The van der Waals surface area contributed by atoms with Crippen LogP contribution in [0.25, 0.3) is 0 Å². The van der Waals surface area contributed by atoms with Crippen molar-refractivity contribution < 1.29 is 14.3 Å². The minimum absolute atomic E-state index is 0.182. The zero-order valence-electron chi connectivity index (χ0n) is 12.1. The molecular formula is C17H22O3. The van der Waals surface area contributed by atoms with Crippen LogP contribution in [0.15, 0.2) is 43.5 Å². The van der Waals surface area contributed by atoms with Crippen LogP contribution in [0.5, 0.6) is 0 Å². The summed E-state index contributed by atoms with van der Waals surface area (Å²) in [5.41, 5.74) is 0.613.